The Morgan fingerprint density at radius 1 is 1.07 bits per heavy atom. The molecule has 0 saturated carbocycles. The van der Waals surface area contributed by atoms with E-state index in [0.29, 0.717) is 25.1 Å². The summed E-state index contributed by atoms with van der Waals surface area (Å²) in [6.07, 6.45) is 2.27. The Morgan fingerprint density at radius 3 is 2.64 bits per heavy atom. The van der Waals surface area contributed by atoms with Crippen molar-refractivity contribution in [2.45, 2.75) is 25.4 Å². The lowest BCUT2D eigenvalue weighted by molar-refractivity contribution is 0.0764. The van der Waals surface area contributed by atoms with Crippen LogP contribution in [0.1, 0.15) is 40.7 Å². The highest BCUT2D eigenvalue weighted by atomic mass is 16.5. The predicted molar refractivity (Wildman–Crippen MR) is 108 cm³/mol. The van der Waals surface area contributed by atoms with Crippen LogP contribution < -0.4 is 10.1 Å². The van der Waals surface area contributed by atoms with Crippen LogP contribution in [0.4, 0.5) is 0 Å². The Kier molecular flexibility index (Phi) is 4.41. The fourth-order valence-corrected chi connectivity index (χ4v) is 4.44. The molecule has 2 aromatic rings. The van der Waals surface area contributed by atoms with Crippen LogP contribution in [0, 0.1) is 0 Å². The third kappa shape index (κ3) is 3.01. The van der Waals surface area contributed by atoms with E-state index < -0.39 is 6.10 Å². The molecule has 3 aliphatic rings. The normalized spacial score (nSPS) is 21.2. The number of nitrogens with zero attached hydrogens (tertiary/aromatic N) is 1. The van der Waals surface area contributed by atoms with E-state index in [1.165, 1.54) is 11.1 Å². The van der Waals surface area contributed by atoms with E-state index in [0.717, 1.165) is 48.6 Å². The Hall–Kier alpha value is -2.63. The molecule has 0 spiro atoms. The molecule has 2 N–H and O–H groups in total. The number of β-amino-alcohol motifs (C(OH)–C–C–N with tert-alkyl or cyclic N) is 1. The molecule has 1 amide bonds. The van der Waals surface area contributed by atoms with E-state index in [1.54, 1.807) is 4.90 Å². The predicted octanol–water partition coefficient (Wildman–Crippen LogP) is 3.18. The number of benzene rings is 2. The van der Waals surface area contributed by atoms with E-state index in [2.05, 4.69) is 11.4 Å². The Bertz CT molecular complexity index is 958. The van der Waals surface area contributed by atoms with Crippen molar-refractivity contribution in [1.82, 2.24) is 10.2 Å². The summed E-state index contributed by atoms with van der Waals surface area (Å²) in [5.41, 5.74) is 5.51. The molecule has 2 aromatic carbocycles. The molecule has 3 aliphatic heterocycles. The first-order valence-electron chi connectivity index (χ1n) is 10.0. The standard InChI is InChI=1S/C23H24N2O3/c26-17-9-12-25(14-17)23(27)16-5-6-19-21(13-16)28-20-4-2-1-3-18(20)22(19)15-7-10-24-11-8-15/h1-6,13,17,24,26H,7-12,14H2. The molecule has 1 unspecified atom stereocenters. The zero-order chi connectivity index (χ0) is 19.1. The zero-order valence-electron chi connectivity index (χ0n) is 15.8. The summed E-state index contributed by atoms with van der Waals surface area (Å²) in [5, 5.41) is 13.2. The second kappa shape index (κ2) is 7.08. The van der Waals surface area contributed by atoms with Crippen molar-refractivity contribution in [3.05, 3.63) is 64.7 Å². The van der Waals surface area contributed by atoms with Gasteiger partial charge in [0.25, 0.3) is 5.91 Å². The quantitative estimate of drug-likeness (QED) is 0.685. The van der Waals surface area contributed by atoms with Crippen LogP contribution in [-0.2, 0) is 0 Å². The number of rotatable bonds is 1. The van der Waals surface area contributed by atoms with Gasteiger partial charge in [-0.15, -0.1) is 0 Å². The van der Waals surface area contributed by atoms with Crippen molar-refractivity contribution in [3.63, 3.8) is 0 Å². The fourth-order valence-electron chi connectivity index (χ4n) is 4.44. The highest BCUT2D eigenvalue weighted by Crippen LogP contribution is 2.46. The van der Waals surface area contributed by atoms with Gasteiger partial charge in [0, 0.05) is 29.8 Å². The van der Waals surface area contributed by atoms with Crippen molar-refractivity contribution < 1.29 is 14.6 Å². The molecule has 2 saturated heterocycles. The van der Waals surface area contributed by atoms with Gasteiger partial charge in [0.15, 0.2) is 0 Å². The highest BCUT2D eigenvalue weighted by Gasteiger charge is 2.29. The maximum absolute atomic E-state index is 12.8. The molecule has 144 valence electrons. The van der Waals surface area contributed by atoms with Gasteiger partial charge < -0.3 is 20.1 Å². The Balaban J connectivity index is 1.57. The summed E-state index contributed by atoms with van der Waals surface area (Å²) in [5.74, 6) is 1.54. The minimum Gasteiger partial charge on any atom is -0.456 e. The summed E-state index contributed by atoms with van der Waals surface area (Å²) in [6, 6.07) is 13.9. The van der Waals surface area contributed by atoms with E-state index in [-0.39, 0.29) is 5.91 Å². The van der Waals surface area contributed by atoms with Crippen LogP contribution in [0.25, 0.3) is 5.57 Å². The first-order chi connectivity index (χ1) is 13.7. The minimum atomic E-state index is -0.416. The smallest absolute Gasteiger partial charge is 0.254 e. The van der Waals surface area contributed by atoms with Gasteiger partial charge >= 0.3 is 0 Å². The number of ether oxygens (including phenoxy) is 1. The molecule has 5 heteroatoms. The zero-order valence-corrected chi connectivity index (χ0v) is 15.8. The minimum absolute atomic E-state index is 0.0436. The number of hydrogen-bond acceptors (Lipinski definition) is 4. The SMILES string of the molecule is O=C(c1ccc2c(c1)Oc1ccccc1C2=C1CCNCC1)N1CCC(O)C1. The van der Waals surface area contributed by atoms with Crippen molar-refractivity contribution in [1.29, 1.82) is 0 Å². The number of piperidine rings is 1. The number of amides is 1. The number of nitrogens with one attached hydrogen (secondary N) is 1. The van der Waals surface area contributed by atoms with Crippen LogP contribution in [0.2, 0.25) is 0 Å². The average molecular weight is 376 g/mol. The molecule has 5 nitrogen and oxygen atoms in total. The average Bonchev–Trinajstić information content (AvgIpc) is 3.18. The summed E-state index contributed by atoms with van der Waals surface area (Å²) < 4.78 is 6.20. The number of para-hydroxylation sites is 1. The molecular weight excluding hydrogens is 352 g/mol. The van der Waals surface area contributed by atoms with Gasteiger partial charge in [-0.2, -0.15) is 0 Å². The number of hydrogen-bond donors (Lipinski definition) is 2. The molecule has 5 rings (SSSR count). The van der Waals surface area contributed by atoms with E-state index in [4.69, 9.17) is 4.74 Å². The lowest BCUT2D eigenvalue weighted by atomic mass is 9.86. The second-order valence-electron chi connectivity index (χ2n) is 7.73. The van der Waals surface area contributed by atoms with Crippen LogP contribution in [0.3, 0.4) is 0 Å². The third-order valence-electron chi connectivity index (χ3n) is 5.89. The third-order valence-corrected chi connectivity index (χ3v) is 5.89. The lowest BCUT2D eigenvalue weighted by Crippen LogP contribution is -2.29. The summed E-state index contributed by atoms with van der Waals surface area (Å²) >= 11 is 0. The molecule has 0 aliphatic carbocycles. The van der Waals surface area contributed by atoms with Gasteiger partial charge in [0.2, 0.25) is 0 Å². The largest absolute Gasteiger partial charge is 0.456 e. The Morgan fingerprint density at radius 2 is 1.86 bits per heavy atom. The van der Waals surface area contributed by atoms with Crippen molar-refractivity contribution in [2.24, 2.45) is 0 Å². The van der Waals surface area contributed by atoms with Gasteiger partial charge in [-0.05, 0) is 62.2 Å². The molecule has 2 fully saturated rings. The van der Waals surface area contributed by atoms with Crippen LogP contribution in [0.15, 0.2) is 48.0 Å². The number of carbonyl (C=O) groups excluding carboxylic acids is 1. The molecule has 3 heterocycles. The molecule has 0 bridgehead atoms. The van der Waals surface area contributed by atoms with Gasteiger partial charge in [-0.1, -0.05) is 23.8 Å². The number of aliphatic hydroxyl groups excluding tert-OH is 1. The molecule has 1 atom stereocenters. The number of likely N-dealkylation sites (tertiary alicyclic amines) is 1. The first-order valence-corrected chi connectivity index (χ1v) is 10.0. The highest BCUT2D eigenvalue weighted by molar-refractivity contribution is 5.97. The number of carbonyl (C=O) groups is 1. The summed E-state index contributed by atoms with van der Waals surface area (Å²) in [6.45, 7) is 2.99. The monoisotopic (exact) mass is 376 g/mol. The number of fused-ring (bicyclic) bond motifs is 2. The van der Waals surface area contributed by atoms with Crippen LogP contribution in [-0.4, -0.2) is 48.2 Å². The van der Waals surface area contributed by atoms with Gasteiger partial charge in [0.1, 0.15) is 11.5 Å². The molecule has 28 heavy (non-hydrogen) atoms. The molecule has 0 radical (unpaired) electrons. The topological polar surface area (TPSA) is 61.8 Å². The number of aliphatic hydroxyl groups is 1. The summed E-state index contributed by atoms with van der Waals surface area (Å²) in [4.78, 5) is 14.6. The maximum Gasteiger partial charge on any atom is 0.254 e. The van der Waals surface area contributed by atoms with E-state index >= 15 is 0 Å². The first kappa shape index (κ1) is 17.5. The fraction of sp³-hybridized carbons (Fsp3) is 0.348. The van der Waals surface area contributed by atoms with E-state index in [1.807, 2.05) is 36.4 Å². The van der Waals surface area contributed by atoms with Crippen LogP contribution >= 0.6 is 0 Å². The maximum atomic E-state index is 12.8. The van der Waals surface area contributed by atoms with Crippen molar-refractivity contribution in [2.75, 3.05) is 26.2 Å². The lowest BCUT2D eigenvalue weighted by Gasteiger charge is -2.28. The molecular formula is C23H24N2O3. The van der Waals surface area contributed by atoms with Gasteiger partial charge in [-0.25, -0.2) is 0 Å². The van der Waals surface area contributed by atoms with Crippen molar-refractivity contribution >= 4 is 11.5 Å². The van der Waals surface area contributed by atoms with Crippen molar-refractivity contribution in [3.8, 4) is 11.5 Å². The van der Waals surface area contributed by atoms with Gasteiger partial charge in [-0.3, -0.25) is 4.79 Å². The van der Waals surface area contributed by atoms with E-state index in [9.17, 15) is 9.90 Å². The summed E-state index contributed by atoms with van der Waals surface area (Å²) in [7, 11) is 0. The Labute approximate surface area is 164 Å². The van der Waals surface area contributed by atoms with Gasteiger partial charge in [0.05, 0.1) is 6.10 Å². The second-order valence-corrected chi connectivity index (χ2v) is 7.73. The molecule has 0 aromatic heterocycles. The van der Waals surface area contributed by atoms with Crippen LogP contribution in [0.5, 0.6) is 11.5 Å².